The van der Waals surface area contributed by atoms with Crippen LogP contribution in [0.5, 0.6) is 5.75 Å². The van der Waals surface area contributed by atoms with Crippen molar-refractivity contribution in [1.82, 2.24) is 0 Å². The molecule has 1 saturated carbocycles. The Labute approximate surface area is 119 Å². The van der Waals surface area contributed by atoms with Crippen molar-refractivity contribution in [3.8, 4) is 5.75 Å². The van der Waals surface area contributed by atoms with Crippen molar-refractivity contribution in [2.75, 3.05) is 0 Å². The Bertz CT molecular complexity index is 640. The van der Waals surface area contributed by atoms with Gasteiger partial charge in [-0.15, -0.1) is 0 Å². The minimum atomic E-state index is -0.0902. The Balaban J connectivity index is 1.92. The van der Waals surface area contributed by atoms with E-state index in [2.05, 4.69) is 19.1 Å². The summed E-state index contributed by atoms with van der Waals surface area (Å²) in [7, 11) is 0. The van der Waals surface area contributed by atoms with Gasteiger partial charge in [0.25, 0.3) is 0 Å². The first-order valence-corrected chi connectivity index (χ1v) is 6.92. The zero-order chi connectivity index (χ0) is 14.3. The van der Waals surface area contributed by atoms with Crippen molar-refractivity contribution in [1.29, 1.82) is 0 Å². The summed E-state index contributed by atoms with van der Waals surface area (Å²) in [6.45, 7) is 4.00. The van der Waals surface area contributed by atoms with Crippen LogP contribution in [-0.2, 0) is 5.41 Å². The summed E-state index contributed by atoms with van der Waals surface area (Å²) in [5, 5.41) is 9.96. The van der Waals surface area contributed by atoms with Crippen LogP contribution in [0.15, 0.2) is 48.5 Å². The number of aryl methyl sites for hydroxylation is 1. The number of phenols is 1. The molecule has 1 fully saturated rings. The zero-order valence-corrected chi connectivity index (χ0v) is 11.8. The van der Waals surface area contributed by atoms with E-state index < -0.39 is 0 Å². The molecular weight excluding hydrogens is 248 g/mol. The number of carbonyl (C=O) groups excluding carboxylic acids is 1. The third kappa shape index (κ3) is 1.92. The Morgan fingerprint density at radius 2 is 1.85 bits per heavy atom. The van der Waals surface area contributed by atoms with Crippen molar-refractivity contribution in [3.63, 3.8) is 0 Å². The third-order valence-electron chi connectivity index (χ3n) is 4.48. The number of hydrogen-bond acceptors (Lipinski definition) is 2. The monoisotopic (exact) mass is 266 g/mol. The molecule has 2 atom stereocenters. The number of Topliss-reactive ketones (excluding diaryl/α,β-unsaturated/α-hetero) is 1. The fraction of sp³-hybridized carbons (Fsp3) is 0.278. The summed E-state index contributed by atoms with van der Waals surface area (Å²) in [4.78, 5) is 12.7. The molecule has 102 valence electrons. The number of carbonyl (C=O) groups is 1. The highest BCUT2D eigenvalue weighted by Crippen LogP contribution is 2.55. The summed E-state index contributed by atoms with van der Waals surface area (Å²) in [5.41, 5.74) is 2.44. The molecule has 0 aliphatic heterocycles. The molecule has 2 nitrogen and oxygen atoms in total. The SMILES string of the molecule is Cc1cccc(O)c1C(=O)[C@H]1C[C@]1(C)c1ccccc1. The molecule has 0 amide bonds. The molecule has 1 N–H and O–H groups in total. The predicted molar refractivity (Wildman–Crippen MR) is 79.1 cm³/mol. The van der Waals surface area contributed by atoms with Crippen LogP contribution in [-0.4, -0.2) is 10.9 Å². The fourth-order valence-electron chi connectivity index (χ4n) is 3.03. The molecule has 1 aliphatic carbocycles. The number of rotatable bonds is 3. The van der Waals surface area contributed by atoms with Crippen LogP contribution in [0.1, 0.15) is 34.8 Å². The van der Waals surface area contributed by atoms with Gasteiger partial charge in [-0.25, -0.2) is 0 Å². The van der Waals surface area contributed by atoms with Gasteiger partial charge in [-0.2, -0.15) is 0 Å². The minimum Gasteiger partial charge on any atom is -0.507 e. The van der Waals surface area contributed by atoms with Gasteiger partial charge in [0.15, 0.2) is 5.78 Å². The maximum atomic E-state index is 12.7. The topological polar surface area (TPSA) is 37.3 Å². The second-order valence-electron chi connectivity index (χ2n) is 5.87. The molecular formula is C18H18O2. The van der Waals surface area contributed by atoms with Gasteiger partial charge in [-0.05, 0) is 30.5 Å². The van der Waals surface area contributed by atoms with Gasteiger partial charge >= 0.3 is 0 Å². The maximum absolute atomic E-state index is 12.7. The highest BCUT2D eigenvalue weighted by Gasteiger charge is 2.55. The first-order valence-electron chi connectivity index (χ1n) is 6.92. The highest BCUT2D eigenvalue weighted by molar-refractivity contribution is 6.04. The quantitative estimate of drug-likeness (QED) is 0.856. The van der Waals surface area contributed by atoms with Gasteiger partial charge in [0.1, 0.15) is 5.75 Å². The molecule has 20 heavy (non-hydrogen) atoms. The van der Waals surface area contributed by atoms with Crippen molar-refractivity contribution in [3.05, 3.63) is 65.2 Å². The molecule has 0 unspecified atom stereocenters. The lowest BCUT2D eigenvalue weighted by molar-refractivity contribution is 0.0955. The van der Waals surface area contributed by atoms with Crippen LogP contribution < -0.4 is 0 Å². The van der Waals surface area contributed by atoms with E-state index >= 15 is 0 Å². The minimum absolute atomic E-state index is 0.0306. The average molecular weight is 266 g/mol. The van der Waals surface area contributed by atoms with E-state index in [9.17, 15) is 9.90 Å². The van der Waals surface area contributed by atoms with E-state index in [0.717, 1.165) is 12.0 Å². The molecule has 2 aromatic rings. The lowest BCUT2D eigenvalue weighted by Crippen LogP contribution is -2.13. The second-order valence-corrected chi connectivity index (χ2v) is 5.87. The Morgan fingerprint density at radius 3 is 2.50 bits per heavy atom. The molecule has 1 aliphatic rings. The fourth-order valence-corrected chi connectivity index (χ4v) is 3.03. The van der Waals surface area contributed by atoms with Gasteiger partial charge < -0.3 is 5.11 Å². The van der Waals surface area contributed by atoms with Crippen molar-refractivity contribution >= 4 is 5.78 Å². The van der Waals surface area contributed by atoms with E-state index in [-0.39, 0.29) is 22.9 Å². The first kappa shape index (κ1) is 12.9. The van der Waals surface area contributed by atoms with Gasteiger partial charge in [-0.3, -0.25) is 4.79 Å². The number of hydrogen-bond donors (Lipinski definition) is 1. The van der Waals surface area contributed by atoms with E-state index in [1.807, 2.05) is 31.2 Å². The third-order valence-corrected chi connectivity index (χ3v) is 4.48. The molecule has 2 heteroatoms. The second kappa shape index (κ2) is 4.48. The largest absolute Gasteiger partial charge is 0.507 e. The summed E-state index contributed by atoms with van der Waals surface area (Å²) >= 11 is 0. The first-order chi connectivity index (χ1) is 9.54. The number of aromatic hydroxyl groups is 1. The summed E-state index contributed by atoms with van der Waals surface area (Å²) in [6, 6.07) is 15.4. The molecule has 0 saturated heterocycles. The standard InChI is InChI=1S/C18H18O2/c1-12-7-6-10-15(19)16(12)17(20)14-11-18(14,2)13-8-4-3-5-9-13/h3-10,14,19H,11H2,1-2H3/t14-,18-/m1/s1. The van der Waals surface area contributed by atoms with Crippen molar-refractivity contribution < 1.29 is 9.90 Å². The summed E-state index contributed by atoms with van der Waals surface area (Å²) in [6.07, 6.45) is 0.851. The Morgan fingerprint density at radius 1 is 1.15 bits per heavy atom. The Kier molecular flexibility index (Phi) is 2.89. The summed E-state index contributed by atoms with van der Waals surface area (Å²) < 4.78 is 0. The smallest absolute Gasteiger partial charge is 0.170 e. The van der Waals surface area contributed by atoms with Gasteiger partial charge in [-0.1, -0.05) is 49.4 Å². The zero-order valence-electron chi connectivity index (χ0n) is 11.8. The van der Waals surface area contributed by atoms with Gasteiger partial charge in [0.05, 0.1) is 5.56 Å². The molecule has 2 aromatic carbocycles. The van der Waals surface area contributed by atoms with Crippen molar-refractivity contribution in [2.45, 2.75) is 25.7 Å². The van der Waals surface area contributed by atoms with Crippen LogP contribution in [0.4, 0.5) is 0 Å². The summed E-state index contributed by atoms with van der Waals surface area (Å²) in [5.74, 6) is 0.126. The normalized spacial score (nSPS) is 24.4. The molecule has 0 bridgehead atoms. The van der Waals surface area contributed by atoms with Crippen LogP contribution in [0.3, 0.4) is 0 Å². The molecule has 0 heterocycles. The lowest BCUT2D eigenvalue weighted by atomic mass is 9.91. The number of benzene rings is 2. The highest BCUT2D eigenvalue weighted by atomic mass is 16.3. The van der Waals surface area contributed by atoms with E-state index in [0.29, 0.717) is 5.56 Å². The van der Waals surface area contributed by atoms with Crippen LogP contribution in [0, 0.1) is 12.8 Å². The number of phenolic OH excluding ortho intramolecular Hbond substituents is 1. The molecule has 0 spiro atoms. The predicted octanol–water partition coefficient (Wildman–Crippen LogP) is 3.86. The van der Waals surface area contributed by atoms with E-state index in [1.165, 1.54) is 5.56 Å². The van der Waals surface area contributed by atoms with E-state index in [4.69, 9.17) is 0 Å². The van der Waals surface area contributed by atoms with E-state index in [1.54, 1.807) is 12.1 Å². The van der Waals surface area contributed by atoms with Gasteiger partial charge in [0, 0.05) is 11.3 Å². The Hall–Kier alpha value is -2.09. The van der Waals surface area contributed by atoms with Crippen LogP contribution in [0.25, 0.3) is 0 Å². The van der Waals surface area contributed by atoms with Crippen LogP contribution >= 0.6 is 0 Å². The molecule has 0 aromatic heterocycles. The van der Waals surface area contributed by atoms with Gasteiger partial charge in [0.2, 0.25) is 0 Å². The maximum Gasteiger partial charge on any atom is 0.170 e. The molecule has 0 radical (unpaired) electrons. The van der Waals surface area contributed by atoms with Crippen molar-refractivity contribution in [2.24, 2.45) is 5.92 Å². The van der Waals surface area contributed by atoms with Crippen LogP contribution in [0.2, 0.25) is 0 Å². The average Bonchev–Trinajstić information content (AvgIpc) is 3.13. The molecule has 3 rings (SSSR count). The lowest BCUT2D eigenvalue weighted by Gasteiger charge is -2.12. The number of ketones is 1.